The Morgan fingerprint density at radius 2 is 2.27 bits per heavy atom. The fourth-order valence-electron chi connectivity index (χ4n) is 2.45. The van der Waals surface area contributed by atoms with Gasteiger partial charge in [0.05, 0.1) is 6.61 Å². The summed E-state index contributed by atoms with van der Waals surface area (Å²) >= 11 is 0. The van der Waals surface area contributed by atoms with Crippen molar-refractivity contribution >= 4 is 0 Å². The highest BCUT2D eigenvalue weighted by Gasteiger charge is 2.57. The zero-order chi connectivity index (χ0) is 8.11. The minimum absolute atomic E-state index is 0.0186. The Labute approximate surface area is 68.0 Å². The second-order valence-electron chi connectivity index (χ2n) is 4.72. The van der Waals surface area contributed by atoms with Crippen LogP contribution in [0, 0.1) is 11.3 Å². The summed E-state index contributed by atoms with van der Waals surface area (Å²) < 4.78 is 0. The first-order chi connectivity index (χ1) is 5.10. The largest absolute Gasteiger partial charge is 0.394 e. The molecule has 2 aliphatic rings. The van der Waals surface area contributed by atoms with Crippen LogP contribution in [0.5, 0.6) is 0 Å². The average Bonchev–Trinajstić information content (AvgIpc) is 2.41. The molecule has 1 aliphatic carbocycles. The van der Waals surface area contributed by atoms with Crippen LogP contribution in [0.15, 0.2) is 0 Å². The smallest absolute Gasteiger partial charge is 0.0610 e. The van der Waals surface area contributed by atoms with Crippen molar-refractivity contribution in [3.63, 3.8) is 0 Å². The van der Waals surface area contributed by atoms with Crippen molar-refractivity contribution in [2.24, 2.45) is 11.3 Å². The van der Waals surface area contributed by atoms with Crippen LogP contribution in [0.4, 0.5) is 0 Å². The van der Waals surface area contributed by atoms with Crippen molar-refractivity contribution in [3.05, 3.63) is 0 Å². The van der Waals surface area contributed by atoms with E-state index >= 15 is 0 Å². The molecule has 2 heteroatoms. The van der Waals surface area contributed by atoms with Crippen LogP contribution in [0.3, 0.4) is 0 Å². The lowest BCUT2D eigenvalue weighted by atomic mass is 9.92. The summed E-state index contributed by atoms with van der Waals surface area (Å²) in [7, 11) is 0. The van der Waals surface area contributed by atoms with Gasteiger partial charge in [0.1, 0.15) is 0 Å². The predicted octanol–water partition coefficient (Wildman–Crippen LogP) is 0.757. The van der Waals surface area contributed by atoms with Crippen LogP contribution < -0.4 is 5.32 Å². The standard InChI is InChI=1S/C9H17NO/c1-7-3-9(7)4-8(2,6-11)10-5-9/h7,10-11H,3-6H2,1-2H3/t7?,8-,9+/m0/s1. The molecule has 1 aliphatic heterocycles. The highest BCUT2D eigenvalue weighted by Crippen LogP contribution is 2.59. The van der Waals surface area contributed by atoms with Crippen molar-refractivity contribution in [3.8, 4) is 0 Å². The second-order valence-corrected chi connectivity index (χ2v) is 4.72. The fourth-order valence-corrected chi connectivity index (χ4v) is 2.45. The molecule has 11 heavy (non-hydrogen) atoms. The Morgan fingerprint density at radius 3 is 2.55 bits per heavy atom. The fraction of sp³-hybridized carbons (Fsp3) is 1.00. The maximum Gasteiger partial charge on any atom is 0.0610 e. The molecule has 0 aromatic rings. The molecule has 64 valence electrons. The summed E-state index contributed by atoms with van der Waals surface area (Å²) in [5.41, 5.74) is 0.586. The Morgan fingerprint density at radius 1 is 1.64 bits per heavy atom. The van der Waals surface area contributed by atoms with E-state index in [0.29, 0.717) is 5.41 Å². The van der Waals surface area contributed by atoms with E-state index in [2.05, 4.69) is 19.2 Å². The Balaban J connectivity index is 2.04. The minimum Gasteiger partial charge on any atom is -0.394 e. The molecule has 0 bridgehead atoms. The number of hydrogen-bond acceptors (Lipinski definition) is 2. The molecule has 2 rings (SSSR count). The lowest BCUT2D eigenvalue weighted by molar-refractivity contribution is 0.187. The summed E-state index contributed by atoms with van der Waals surface area (Å²) in [6, 6.07) is 0. The van der Waals surface area contributed by atoms with Crippen molar-refractivity contribution in [1.29, 1.82) is 0 Å². The van der Waals surface area contributed by atoms with E-state index in [-0.39, 0.29) is 12.1 Å². The number of aliphatic hydroxyl groups excluding tert-OH is 1. The summed E-state index contributed by atoms with van der Waals surface area (Å²) in [6.07, 6.45) is 2.52. The maximum atomic E-state index is 9.11. The number of nitrogens with one attached hydrogen (secondary N) is 1. The first-order valence-corrected chi connectivity index (χ1v) is 4.46. The highest BCUT2D eigenvalue weighted by molar-refractivity contribution is 5.12. The maximum absolute atomic E-state index is 9.11. The van der Waals surface area contributed by atoms with Crippen LogP contribution in [0.25, 0.3) is 0 Å². The topological polar surface area (TPSA) is 32.3 Å². The highest BCUT2D eigenvalue weighted by atomic mass is 16.3. The normalized spacial score (nSPS) is 55.4. The summed E-state index contributed by atoms with van der Waals surface area (Å²) in [4.78, 5) is 0. The molecular formula is C9H17NO. The summed E-state index contributed by atoms with van der Waals surface area (Å²) in [5, 5.41) is 12.5. The lowest BCUT2D eigenvalue weighted by Crippen LogP contribution is -2.39. The van der Waals surface area contributed by atoms with E-state index in [9.17, 15) is 0 Å². The van der Waals surface area contributed by atoms with Gasteiger partial charge in [0, 0.05) is 12.1 Å². The molecule has 1 saturated carbocycles. The average molecular weight is 155 g/mol. The third-order valence-electron chi connectivity index (χ3n) is 3.56. The van der Waals surface area contributed by atoms with Gasteiger partial charge in [-0.25, -0.2) is 0 Å². The van der Waals surface area contributed by atoms with Crippen molar-refractivity contribution < 1.29 is 5.11 Å². The van der Waals surface area contributed by atoms with Gasteiger partial charge in [-0.2, -0.15) is 0 Å². The quantitative estimate of drug-likeness (QED) is 0.586. The summed E-state index contributed by atoms with van der Waals surface area (Å²) in [5.74, 6) is 0.878. The lowest BCUT2D eigenvalue weighted by Gasteiger charge is -2.20. The Kier molecular flexibility index (Phi) is 1.37. The Hall–Kier alpha value is -0.0800. The van der Waals surface area contributed by atoms with Crippen molar-refractivity contribution in [2.75, 3.05) is 13.2 Å². The third-order valence-corrected chi connectivity index (χ3v) is 3.56. The van der Waals surface area contributed by atoms with Crippen molar-refractivity contribution in [1.82, 2.24) is 5.32 Å². The number of aliphatic hydroxyl groups is 1. The van der Waals surface area contributed by atoms with Crippen LogP contribution in [-0.2, 0) is 0 Å². The molecule has 1 unspecified atom stereocenters. The first-order valence-electron chi connectivity index (χ1n) is 4.46. The van der Waals surface area contributed by atoms with E-state index in [1.54, 1.807) is 0 Å². The van der Waals surface area contributed by atoms with E-state index in [4.69, 9.17) is 5.11 Å². The number of hydrogen-bond donors (Lipinski definition) is 2. The molecular weight excluding hydrogens is 138 g/mol. The van der Waals surface area contributed by atoms with Crippen LogP contribution in [0.1, 0.15) is 26.7 Å². The molecule has 0 aromatic carbocycles. The van der Waals surface area contributed by atoms with Gasteiger partial charge in [-0.3, -0.25) is 0 Å². The van der Waals surface area contributed by atoms with Gasteiger partial charge < -0.3 is 10.4 Å². The second kappa shape index (κ2) is 1.99. The van der Waals surface area contributed by atoms with E-state index in [0.717, 1.165) is 18.9 Å². The third kappa shape index (κ3) is 1.00. The Bertz CT molecular complexity index is 174. The van der Waals surface area contributed by atoms with Gasteiger partial charge in [0.25, 0.3) is 0 Å². The first kappa shape index (κ1) is 7.56. The van der Waals surface area contributed by atoms with Gasteiger partial charge in [0.15, 0.2) is 0 Å². The van der Waals surface area contributed by atoms with E-state index < -0.39 is 0 Å². The van der Waals surface area contributed by atoms with Crippen LogP contribution in [0.2, 0.25) is 0 Å². The van der Waals surface area contributed by atoms with Gasteiger partial charge in [-0.15, -0.1) is 0 Å². The molecule has 1 saturated heterocycles. The zero-order valence-electron chi connectivity index (χ0n) is 7.35. The van der Waals surface area contributed by atoms with Crippen LogP contribution >= 0.6 is 0 Å². The van der Waals surface area contributed by atoms with E-state index in [1.807, 2.05) is 0 Å². The molecule has 1 spiro atoms. The van der Waals surface area contributed by atoms with E-state index in [1.165, 1.54) is 6.42 Å². The van der Waals surface area contributed by atoms with Crippen LogP contribution in [-0.4, -0.2) is 23.8 Å². The number of rotatable bonds is 1. The monoisotopic (exact) mass is 155 g/mol. The summed E-state index contributed by atoms with van der Waals surface area (Å²) in [6.45, 7) is 5.82. The molecule has 3 atom stereocenters. The van der Waals surface area contributed by atoms with Gasteiger partial charge in [-0.1, -0.05) is 6.92 Å². The molecule has 2 fully saturated rings. The van der Waals surface area contributed by atoms with Gasteiger partial charge >= 0.3 is 0 Å². The molecule has 0 amide bonds. The minimum atomic E-state index is 0.0186. The van der Waals surface area contributed by atoms with Gasteiger partial charge in [-0.05, 0) is 31.1 Å². The van der Waals surface area contributed by atoms with Crippen molar-refractivity contribution in [2.45, 2.75) is 32.2 Å². The SMILES string of the molecule is CC1C[C@@]12CN[C@](C)(CO)C2. The molecule has 2 nitrogen and oxygen atoms in total. The predicted molar refractivity (Wildman–Crippen MR) is 44.3 cm³/mol. The molecule has 1 heterocycles. The molecule has 0 radical (unpaired) electrons. The molecule has 2 N–H and O–H groups in total. The molecule has 0 aromatic heterocycles. The van der Waals surface area contributed by atoms with Gasteiger partial charge in [0.2, 0.25) is 0 Å². The zero-order valence-corrected chi connectivity index (χ0v) is 7.35.